The van der Waals surface area contributed by atoms with Gasteiger partial charge in [-0.15, -0.1) is 0 Å². The highest BCUT2D eigenvalue weighted by atomic mass is 16.4. The van der Waals surface area contributed by atoms with Crippen LogP contribution in [0.3, 0.4) is 0 Å². The van der Waals surface area contributed by atoms with Crippen LogP contribution in [0, 0.1) is 11.3 Å². The maximum Gasteiger partial charge on any atom is 0.309 e. The molecule has 130 valence electrons. The molecule has 1 aliphatic rings. The SMILES string of the molecule is CCCCCCC(CCCCCC)(C(=O)O)C1CCCCC1. The van der Waals surface area contributed by atoms with Crippen molar-refractivity contribution in [2.24, 2.45) is 11.3 Å². The molecule has 0 heterocycles. The number of unbranched alkanes of at least 4 members (excludes halogenated alkanes) is 6. The molecule has 1 rings (SSSR count). The molecule has 2 nitrogen and oxygen atoms in total. The fraction of sp³-hybridized carbons (Fsp3) is 0.950. The van der Waals surface area contributed by atoms with Crippen LogP contribution in [0.1, 0.15) is 110 Å². The maximum atomic E-state index is 12.2. The molecule has 0 spiro atoms. The first-order valence-electron chi connectivity index (χ1n) is 9.90. The Kier molecular flexibility index (Phi) is 9.82. The van der Waals surface area contributed by atoms with Gasteiger partial charge in [-0.25, -0.2) is 0 Å². The molecule has 2 heteroatoms. The van der Waals surface area contributed by atoms with Crippen molar-refractivity contribution in [3.63, 3.8) is 0 Å². The lowest BCUT2D eigenvalue weighted by Gasteiger charge is -2.40. The molecule has 1 saturated carbocycles. The van der Waals surface area contributed by atoms with E-state index in [2.05, 4.69) is 13.8 Å². The summed E-state index contributed by atoms with van der Waals surface area (Å²) in [7, 11) is 0. The molecule has 0 unspecified atom stereocenters. The lowest BCUT2D eigenvalue weighted by Crippen LogP contribution is -2.40. The standard InChI is InChI=1S/C20H38O2/c1-3-5-7-12-16-20(19(21)22,17-13-8-6-4-2)18-14-10-9-11-15-18/h18H,3-17H2,1-2H3,(H,21,22). The summed E-state index contributed by atoms with van der Waals surface area (Å²) < 4.78 is 0. The van der Waals surface area contributed by atoms with Crippen LogP contribution in [0.5, 0.6) is 0 Å². The Hall–Kier alpha value is -0.530. The van der Waals surface area contributed by atoms with Crippen LogP contribution in [0.2, 0.25) is 0 Å². The summed E-state index contributed by atoms with van der Waals surface area (Å²) in [5.41, 5.74) is -0.415. The van der Waals surface area contributed by atoms with Crippen LogP contribution in [-0.4, -0.2) is 11.1 Å². The predicted molar refractivity (Wildman–Crippen MR) is 94.2 cm³/mol. The molecule has 0 amide bonds. The van der Waals surface area contributed by atoms with Crippen molar-refractivity contribution in [1.82, 2.24) is 0 Å². The van der Waals surface area contributed by atoms with Crippen LogP contribution in [-0.2, 0) is 4.79 Å². The molecule has 22 heavy (non-hydrogen) atoms. The fourth-order valence-corrected chi connectivity index (χ4v) is 4.31. The third-order valence-electron chi connectivity index (χ3n) is 5.77. The zero-order valence-corrected chi connectivity index (χ0v) is 15.0. The summed E-state index contributed by atoms with van der Waals surface area (Å²) >= 11 is 0. The average molecular weight is 311 g/mol. The predicted octanol–water partition coefficient (Wildman–Crippen LogP) is 6.58. The van der Waals surface area contributed by atoms with Gasteiger partial charge < -0.3 is 5.11 Å². The van der Waals surface area contributed by atoms with Gasteiger partial charge in [-0.2, -0.15) is 0 Å². The molecule has 0 aromatic carbocycles. The third kappa shape index (κ3) is 5.93. The van der Waals surface area contributed by atoms with Gasteiger partial charge in [-0.05, 0) is 31.6 Å². The Morgan fingerprint density at radius 1 is 0.864 bits per heavy atom. The van der Waals surface area contributed by atoms with E-state index in [1.807, 2.05) is 0 Å². The van der Waals surface area contributed by atoms with Gasteiger partial charge in [0, 0.05) is 0 Å². The van der Waals surface area contributed by atoms with E-state index in [4.69, 9.17) is 0 Å². The molecule has 0 aromatic heterocycles. The van der Waals surface area contributed by atoms with E-state index in [1.54, 1.807) is 0 Å². The minimum absolute atomic E-state index is 0.415. The maximum absolute atomic E-state index is 12.2. The summed E-state index contributed by atoms with van der Waals surface area (Å²) in [6.45, 7) is 4.44. The molecule has 0 aromatic rings. The van der Waals surface area contributed by atoms with E-state index in [0.29, 0.717) is 5.92 Å². The van der Waals surface area contributed by atoms with Crippen molar-refractivity contribution in [3.05, 3.63) is 0 Å². The molecule has 0 atom stereocenters. The number of rotatable bonds is 12. The zero-order chi connectivity index (χ0) is 16.3. The second-order valence-corrected chi connectivity index (χ2v) is 7.42. The van der Waals surface area contributed by atoms with Crippen LogP contribution >= 0.6 is 0 Å². The van der Waals surface area contributed by atoms with Crippen LogP contribution in [0.4, 0.5) is 0 Å². The van der Waals surface area contributed by atoms with Crippen molar-refractivity contribution < 1.29 is 9.90 Å². The summed E-state index contributed by atoms with van der Waals surface area (Å²) in [6.07, 6.45) is 17.5. The van der Waals surface area contributed by atoms with Gasteiger partial charge in [0.15, 0.2) is 0 Å². The number of carboxylic acids is 1. The number of aliphatic carboxylic acids is 1. The van der Waals surface area contributed by atoms with Gasteiger partial charge in [0.1, 0.15) is 0 Å². The van der Waals surface area contributed by atoms with E-state index >= 15 is 0 Å². The van der Waals surface area contributed by atoms with Crippen molar-refractivity contribution in [1.29, 1.82) is 0 Å². The second-order valence-electron chi connectivity index (χ2n) is 7.42. The van der Waals surface area contributed by atoms with E-state index in [0.717, 1.165) is 38.5 Å². The third-order valence-corrected chi connectivity index (χ3v) is 5.77. The van der Waals surface area contributed by atoms with Gasteiger partial charge in [-0.3, -0.25) is 4.79 Å². The highest BCUT2D eigenvalue weighted by Crippen LogP contribution is 2.46. The molecule has 0 aliphatic heterocycles. The number of carboxylic acid groups (broad SMARTS) is 1. The summed E-state index contributed by atoms with van der Waals surface area (Å²) in [4.78, 5) is 12.2. The first-order valence-corrected chi connectivity index (χ1v) is 9.90. The second kappa shape index (κ2) is 11.1. The first kappa shape index (κ1) is 19.5. The number of carbonyl (C=O) groups is 1. The van der Waals surface area contributed by atoms with Gasteiger partial charge in [0.2, 0.25) is 0 Å². The van der Waals surface area contributed by atoms with Gasteiger partial charge in [0.25, 0.3) is 0 Å². The molecule has 0 saturated heterocycles. The largest absolute Gasteiger partial charge is 0.481 e. The summed E-state index contributed by atoms with van der Waals surface area (Å²) in [5.74, 6) is -0.0607. The number of hydrogen-bond acceptors (Lipinski definition) is 1. The quantitative estimate of drug-likeness (QED) is 0.413. The molecule has 0 bridgehead atoms. The van der Waals surface area contributed by atoms with Gasteiger partial charge in [0.05, 0.1) is 5.41 Å². The molecule has 1 N–H and O–H groups in total. The van der Waals surface area contributed by atoms with Crippen LogP contribution in [0.25, 0.3) is 0 Å². The smallest absolute Gasteiger partial charge is 0.309 e. The minimum Gasteiger partial charge on any atom is -0.481 e. The van der Waals surface area contributed by atoms with Gasteiger partial charge >= 0.3 is 5.97 Å². The molecular formula is C20H38O2. The van der Waals surface area contributed by atoms with Crippen molar-refractivity contribution in [2.45, 2.75) is 110 Å². The lowest BCUT2D eigenvalue weighted by molar-refractivity contribution is -0.155. The number of hydrogen-bond donors (Lipinski definition) is 1. The van der Waals surface area contributed by atoms with Crippen molar-refractivity contribution in [2.75, 3.05) is 0 Å². The Labute approximate surface area is 138 Å². The molecule has 1 aliphatic carbocycles. The first-order chi connectivity index (χ1) is 10.7. The normalized spacial score (nSPS) is 16.8. The van der Waals surface area contributed by atoms with Gasteiger partial charge in [-0.1, -0.05) is 84.5 Å². The monoisotopic (exact) mass is 310 g/mol. The van der Waals surface area contributed by atoms with E-state index in [-0.39, 0.29) is 0 Å². The van der Waals surface area contributed by atoms with Crippen LogP contribution in [0.15, 0.2) is 0 Å². The van der Waals surface area contributed by atoms with Crippen molar-refractivity contribution >= 4 is 5.97 Å². The molecule has 1 fully saturated rings. The topological polar surface area (TPSA) is 37.3 Å². The van der Waals surface area contributed by atoms with E-state index in [1.165, 1.54) is 57.8 Å². The molecular weight excluding hydrogens is 272 g/mol. The average Bonchev–Trinajstić information content (AvgIpc) is 2.54. The fourth-order valence-electron chi connectivity index (χ4n) is 4.31. The summed E-state index contributed by atoms with van der Waals surface area (Å²) in [5, 5.41) is 10.1. The Morgan fingerprint density at radius 2 is 1.36 bits per heavy atom. The van der Waals surface area contributed by atoms with E-state index < -0.39 is 11.4 Å². The van der Waals surface area contributed by atoms with E-state index in [9.17, 15) is 9.90 Å². The molecule has 0 radical (unpaired) electrons. The highest BCUT2D eigenvalue weighted by molar-refractivity contribution is 5.75. The Bertz CT molecular complexity index is 280. The minimum atomic E-state index is -0.493. The van der Waals surface area contributed by atoms with Crippen molar-refractivity contribution in [3.8, 4) is 0 Å². The Balaban J connectivity index is 2.70. The lowest BCUT2D eigenvalue weighted by atomic mass is 9.63. The highest BCUT2D eigenvalue weighted by Gasteiger charge is 2.44. The summed E-state index contributed by atoms with van der Waals surface area (Å²) in [6, 6.07) is 0. The van der Waals surface area contributed by atoms with Crippen LogP contribution < -0.4 is 0 Å². The Morgan fingerprint density at radius 3 is 1.77 bits per heavy atom. The zero-order valence-electron chi connectivity index (χ0n) is 15.0.